The minimum absolute atomic E-state index is 0.143. The molecule has 1 fully saturated rings. The van der Waals surface area contributed by atoms with Crippen molar-refractivity contribution in [2.75, 3.05) is 19.6 Å². The van der Waals surface area contributed by atoms with Gasteiger partial charge in [-0.2, -0.15) is 0 Å². The maximum Gasteiger partial charge on any atom is 0.152 e. The minimum Gasteiger partial charge on any atom is -0.300 e. The van der Waals surface area contributed by atoms with Gasteiger partial charge < -0.3 is 0 Å². The van der Waals surface area contributed by atoms with Crippen LogP contribution in [0.3, 0.4) is 0 Å². The molecule has 62 valence electrons. The largest absolute Gasteiger partial charge is 0.300 e. The Morgan fingerprint density at radius 3 is 2.64 bits per heavy atom. The zero-order chi connectivity index (χ0) is 8.10. The van der Waals surface area contributed by atoms with Crippen LogP contribution in [0, 0.1) is 0 Å². The molecule has 0 bridgehead atoms. The van der Waals surface area contributed by atoms with E-state index in [2.05, 4.69) is 4.90 Å². The first-order valence-electron chi connectivity index (χ1n) is 4.18. The van der Waals surface area contributed by atoms with Crippen LogP contribution in [-0.2, 0) is 4.79 Å². The zero-order valence-electron chi connectivity index (χ0n) is 7.05. The van der Waals surface area contributed by atoms with Crippen LogP contribution in [0.25, 0.3) is 0 Å². The molecule has 2 heteroatoms. The van der Waals surface area contributed by atoms with E-state index in [4.69, 9.17) is 0 Å². The summed E-state index contributed by atoms with van der Waals surface area (Å²) in [5, 5.41) is 0. The third-order valence-electron chi connectivity index (χ3n) is 1.91. The summed E-state index contributed by atoms with van der Waals surface area (Å²) in [7, 11) is 0. The smallest absolute Gasteiger partial charge is 0.152 e. The van der Waals surface area contributed by atoms with Gasteiger partial charge in [-0.1, -0.05) is 6.08 Å². The molecule has 11 heavy (non-hydrogen) atoms. The molecule has 1 aliphatic rings. The summed E-state index contributed by atoms with van der Waals surface area (Å²) < 4.78 is 0. The highest BCUT2D eigenvalue weighted by molar-refractivity contribution is 5.87. The molecule has 0 saturated carbocycles. The van der Waals surface area contributed by atoms with E-state index >= 15 is 0 Å². The van der Waals surface area contributed by atoms with Crippen molar-refractivity contribution >= 4 is 5.78 Å². The van der Waals surface area contributed by atoms with E-state index in [0.29, 0.717) is 0 Å². The molecule has 2 nitrogen and oxygen atoms in total. The van der Waals surface area contributed by atoms with Crippen molar-refractivity contribution in [3.63, 3.8) is 0 Å². The van der Waals surface area contributed by atoms with Crippen LogP contribution in [0.5, 0.6) is 0 Å². The van der Waals surface area contributed by atoms with Crippen LogP contribution in [0.15, 0.2) is 12.2 Å². The lowest BCUT2D eigenvalue weighted by atomic mass is 10.4. The second-order valence-corrected chi connectivity index (χ2v) is 3.02. The van der Waals surface area contributed by atoms with Gasteiger partial charge in [0.25, 0.3) is 0 Å². The standard InChI is InChI=1S/C9H15NO/c1-9(11)5-4-8-10-6-2-3-7-10/h4-5H,2-3,6-8H2,1H3/b5-4+. The van der Waals surface area contributed by atoms with Crippen LogP contribution < -0.4 is 0 Å². The molecule has 1 aliphatic heterocycles. The molecule has 0 N–H and O–H groups in total. The van der Waals surface area contributed by atoms with Crippen LogP contribution in [0.2, 0.25) is 0 Å². The summed E-state index contributed by atoms with van der Waals surface area (Å²) in [4.78, 5) is 12.9. The highest BCUT2D eigenvalue weighted by Gasteiger charge is 2.08. The first-order chi connectivity index (χ1) is 5.29. The maximum absolute atomic E-state index is 10.5. The van der Waals surface area contributed by atoms with Crippen LogP contribution in [0.4, 0.5) is 0 Å². The first kappa shape index (κ1) is 8.47. The Morgan fingerprint density at radius 2 is 2.09 bits per heavy atom. The molecule has 0 aromatic heterocycles. The number of carbonyl (C=O) groups excluding carboxylic acids is 1. The second kappa shape index (κ2) is 4.29. The van der Waals surface area contributed by atoms with Gasteiger partial charge in [0.05, 0.1) is 0 Å². The number of likely N-dealkylation sites (tertiary alicyclic amines) is 1. The lowest BCUT2D eigenvalue weighted by Crippen LogP contribution is -2.18. The summed E-state index contributed by atoms with van der Waals surface area (Å²) in [6, 6.07) is 0. The Hall–Kier alpha value is -0.630. The Labute approximate surface area is 67.9 Å². The molecule has 0 radical (unpaired) electrons. The Balaban J connectivity index is 2.15. The van der Waals surface area contributed by atoms with E-state index in [1.165, 1.54) is 25.9 Å². The van der Waals surface area contributed by atoms with Crippen molar-refractivity contribution < 1.29 is 4.79 Å². The quantitative estimate of drug-likeness (QED) is 0.568. The van der Waals surface area contributed by atoms with Crippen LogP contribution in [-0.4, -0.2) is 30.3 Å². The van der Waals surface area contributed by atoms with Gasteiger partial charge in [-0.25, -0.2) is 0 Å². The molecule has 0 atom stereocenters. The van der Waals surface area contributed by atoms with Crippen molar-refractivity contribution in [2.24, 2.45) is 0 Å². The number of ketones is 1. The highest BCUT2D eigenvalue weighted by atomic mass is 16.1. The molecule has 1 rings (SSSR count). The first-order valence-corrected chi connectivity index (χ1v) is 4.18. The van der Waals surface area contributed by atoms with E-state index in [-0.39, 0.29) is 5.78 Å². The fraction of sp³-hybridized carbons (Fsp3) is 0.667. The van der Waals surface area contributed by atoms with Gasteiger partial charge in [0, 0.05) is 6.54 Å². The summed E-state index contributed by atoms with van der Waals surface area (Å²) in [5.41, 5.74) is 0. The molecule has 0 aromatic carbocycles. The maximum atomic E-state index is 10.5. The Morgan fingerprint density at radius 1 is 1.45 bits per heavy atom. The average molecular weight is 153 g/mol. The predicted molar refractivity (Wildman–Crippen MR) is 45.5 cm³/mol. The highest BCUT2D eigenvalue weighted by Crippen LogP contribution is 2.05. The average Bonchev–Trinajstić information content (AvgIpc) is 2.39. The van der Waals surface area contributed by atoms with Crippen LogP contribution >= 0.6 is 0 Å². The molecular formula is C9H15NO. The second-order valence-electron chi connectivity index (χ2n) is 3.02. The zero-order valence-corrected chi connectivity index (χ0v) is 7.05. The Bertz CT molecular complexity index is 157. The van der Waals surface area contributed by atoms with Crippen molar-refractivity contribution in [3.8, 4) is 0 Å². The molecule has 0 aromatic rings. The lowest BCUT2D eigenvalue weighted by molar-refractivity contribution is -0.112. The number of rotatable bonds is 3. The van der Waals surface area contributed by atoms with Gasteiger partial charge in [-0.15, -0.1) is 0 Å². The number of hydrogen-bond acceptors (Lipinski definition) is 2. The SMILES string of the molecule is CC(=O)/C=C/CN1CCCC1. The summed E-state index contributed by atoms with van der Waals surface area (Å²) >= 11 is 0. The fourth-order valence-corrected chi connectivity index (χ4v) is 1.33. The van der Waals surface area contributed by atoms with Gasteiger partial charge in [0.15, 0.2) is 5.78 Å². The molecule has 0 spiro atoms. The fourth-order valence-electron chi connectivity index (χ4n) is 1.33. The molecule has 0 aliphatic carbocycles. The number of nitrogens with zero attached hydrogens (tertiary/aromatic N) is 1. The van der Waals surface area contributed by atoms with Gasteiger partial charge >= 0.3 is 0 Å². The van der Waals surface area contributed by atoms with Gasteiger partial charge in [-0.05, 0) is 38.9 Å². The van der Waals surface area contributed by atoms with Crippen LogP contribution in [0.1, 0.15) is 19.8 Å². The Kier molecular flexibility index (Phi) is 3.30. The number of hydrogen-bond donors (Lipinski definition) is 0. The summed E-state index contributed by atoms with van der Waals surface area (Å²) in [5.74, 6) is 0.143. The van der Waals surface area contributed by atoms with Crippen molar-refractivity contribution in [1.29, 1.82) is 0 Å². The third kappa shape index (κ3) is 3.33. The number of carbonyl (C=O) groups is 1. The summed E-state index contributed by atoms with van der Waals surface area (Å²) in [6.07, 6.45) is 6.23. The lowest BCUT2D eigenvalue weighted by Gasteiger charge is -2.09. The molecule has 1 saturated heterocycles. The molecule has 0 amide bonds. The third-order valence-corrected chi connectivity index (χ3v) is 1.91. The van der Waals surface area contributed by atoms with Gasteiger partial charge in [0.1, 0.15) is 0 Å². The molecule has 1 heterocycles. The predicted octanol–water partition coefficient (Wildman–Crippen LogP) is 1.23. The molecule has 0 unspecified atom stereocenters. The normalized spacial score (nSPS) is 19.7. The van der Waals surface area contributed by atoms with E-state index < -0.39 is 0 Å². The topological polar surface area (TPSA) is 20.3 Å². The summed E-state index contributed by atoms with van der Waals surface area (Å²) in [6.45, 7) is 4.92. The number of allylic oxidation sites excluding steroid dienone is 1. The van der Waals surface area contributed by atoms with E-state index in [1.807, 2.05) is 6.08 Å². The van der Waals surface area contributed by atoms with Crippen molar-refractivity contribution in [3.05, 3.63) is 12.2 Å². The van der Waals surface area contributed by atoms with E-state index in [1.54, 1.807) is 13.0 Å². The van der Waals surface area contributed by atoms with E-state index in [0.717, 1.165) is 6.54 Å². The van der Waals surface area contributed by atoms with Gasteiger partial charge in [0.2, 0.25) is 0 Å². The van der Waals surface area contributed by atoms with E-state index in [9.17, 15) is 4.79 Å². The minimum atomic E-state index is 0.143. The van der Waals surface area contributed by atoms with Crippen molar-refractivity contribution in [1.82, 2.24) is 4.90 Å². The van der Waals surface area contributed by atoms with Gasteiger partial charge in [-0.3, -0.25) is 9.69 Å². The molecular weight excluding hydrogens is 138 g/mol. The van der Waals surface area contributed by atoms with Crippen molar-refractivity contribution in [2.45, 2.75) is 19.8 Å². The monoisotopic (exact) mass is 153 g/mol.